The van der Waals surface area contributed by atoms with Crippen molar-refractivity contribution in [3.05, 3.63) is 0 Å². The summed E-state index contributed by atoms with van der Waals surface area (Å²) in [5, 5.41) is 0. The number of nitrogens with two attached hydrogens (primary N) is 1. The molecule has 15 heavy (non-hydrogen) atoms. The molecule has 0 saturated heterocycles. The monoisotopic (exact) mass is 213 g/mol. The topological polar surface area (TPSA) is 35.2 Å². The molecule has 90 valence electrons. The van der Waals surface area contributed by atoms with E-state index in [0.29, 0.717) is 0 Å². The molecule has 1 aliphatic carbocycles. The van der Waals surface area contributed by atoms with Crippen molar-refractivity contribution >= 4 is 0 Å². The van der Waals surface area contributed by atoms with Gasteiger partial charge in [-0.1, -0.05) is 38.5 Å². The van der Waals surface area contributed by atoms with E-state index >= 15 is 0 Å². The standard InChI is InChI=1S/C13H27NO/c1-15-10-6-5-8-12-7-3-2-4-9-13(12)11-14/h12-13H,2-11,14H2,1H3. The number of hydrogen-bond acceptors (Lipinski definition) is 2. The Labute approximate surface area is 94.6 Å². The zero-order chi connectivity index (χ0) is 10.9. The van der Waals surface area contributed by atoms with Crippen LogP contribution in [-0.2, 0) is 4.74 Å². The molecule has 0 aromatic rings. The third-order valence-electron chi connectivity index (χ3n) is 3.79. The molecule has 2 heteroatoms. The van der Waals surface area contributed by atoms with Gasteiger partial charge in [0.15, 0.2) is 0 Å². The van der Waals surface area contributed by atoms with Crippen LogP contribution in [-0.4, -0.2) is 20.3 Å². The molecule has 1 saturated carbocycles. The lowest BCUT2D eigenvalue weighted by Crippen LogP contribution is -2.22. The predicted octanol–water partition coefficient (Wildman–Crippen LogP) is 2.96. The highest BCUT2D eigenvalue weighted by Gasteiger charge is 2.21. The highest BCUT2D eigenvalue weighted by atomic mass is 16.5. The van der Waals surface area contributed by atoms with Crippen LogP contribution in [0.5, 0.6) is 0 Å². The predicted molar refractivity (Wildman–Crippen MR) is 64.8 cm³/mol. The summed E-state index contributed by atoms with van der Waals surface area (Å²) in [6.45, 7) is 1.81. The van der Waals surface area contributed by atoms with E-state index < -0.39 is 0 Å². The Balaban J connectivity index is 2.22. The molecule has 0 radical (unpaired) electrons. The number of methoxy groups -OCH3 is 1. The second-order valence-electron chi connectivity index (χ2n) is 4.88. The largest absolute Gasteiger partial charge is 0.385 e. The Kier molecular flexibility index (Phi) is 7.03. The average molecular weight is 213 g/mol. The summed E-state index contributed by atoms with van der Waals surface area (Å²) in [7, 11) is 1.79. The van der Waals surface area contributed by atoms with Gasteiger partial charge in [0.2, 0.25) is 0 Å². The van der Waals surface area contributed by atoms with Crippen LogP contribution in [0, 0.1) is 11.8 Å². The summed E-state index contributed by atoms with van der Waals surface area (Å²) < 4.78 is 5.08. The molecule has 0 aromatic heterocycles. The van der Waals surface area contributed by atoms with Gasteiger partial charge in [-0.2, -0.15) is 0 Å². The van der Waals surface area contributed by atoms with E-state index in [1.165, 1.54) is 51.4 Å². The van der Waals surface area contributed by atoms with Crippen LogP contribution in [0.25, 0.3) is 0 Å². The number of unbranched alkanes of at least 4 members (excludes halogenated alkanes) is 1. The van der Waals surface area contributed by atoms with Crippen molar-refractivity contribution in [1.82, 2.24) is 0 Å². The number of rotatable bonds is 6. The van der Waals surface area contributed by atoms with E-state index in [1.807, 2.05) is 0 Å². The molecule has 0 aromatic carbocycles. The van der Waals surface area contributed by atoms with Crippen molar-refractivity contribution in [3.8, 4) is 0 Å². The summed E-state index contributed by atoms with van der Waals surface area (Å²) in [5.41, 5.74) is 5.87. The van der Waals surface area contributed by atoms with Gasteiger partial charge in [0.1, 0.15) is 0 Å². The first kappa shape index (κ1) is 13.0. The summed E-state index contributed by atoms with van der Waals surface area (Å²) in [5.74, 6) is 1.70. The van der Waals surface area contributed by atoms with Crippen molar-refractivity contribution in [3.63, 3.8) is 0 Å². The van der Waals surface area contributed by atoms with Crippen LogP contribution in [0.15, 0.2) is 0 Å². The third kappa shape index (κ3) is 4.98. The minimum Gasteiger partial charge on any atom is -0.385 e. The van der Waals surface area contributed by atoms with Gasteiger partial charge in [-0.05, 0) is 31.2 Å². The van der Waals surface area contributed by atoms with Crippen LogP contribution in [0.1, 0.15) is 51.4 Å². The van der Waals surface area contributed by atoms with E-state index in [9.17, 15) is 0 Å². The fourth-order valence-electron chi connectivity index (χ4n) is 2.80. The molecule has 0 amide bonds. The van der Waals surface area contributed by atoms with Gasteiger partial charge in [0, 0.05) is 13.7 Å². The molecule has 1 aliphatic rings. The van der Waals surface area contributed by atoms with Crippen molar-refractivity contribution in [2.45, 2.75) is 51.4 Å². The SMILES string of the molecule is COCCCCC1CCCCCC1CN. The minimum absolute atomic E-state index is 0.801. The average Bonchev–Trinajstić information content (AvgIpc) is 2.49. The first-order valence-corrected chi connectivity index (χ1v) is 6.57. The zero-order valence-corrected chi connectivity index (χ0v) is 10.2. The highest BCUT2D eigenvalue weighted by Crippen LogP contribution is 2.31. The maximum atomic E-state index is 5.87. The maximum Gasteiger partial charge on any atom is 0.0462 e. The summed E-state index contributed by atoms with van der Waals surface area (Å²) >= 11 is 0. The Morgan fingerprint density at radius 3 is 2.47 bits per heavy atom. The molecule has 1 fully saturated rings. The van der Waals surface area contributed by atoms with Gasteiger partial charge in [0.05, 0.1) is 0 Å². The van der Waals surface area contributed by atoms with Gasteiger partial charge in [-0.15, -0.1) is 0 Å². The van der Waals surface area contributed by atoms with Crippen LogP contribution in [0.4, 0.5) is 0 Å². The third-order valence-corrected chi connectivity index (χ3v) is 3.79. The Morgan fingerprint density at radius 2 is 1.80 bits per heavy atom. The summed E-state index contributed by atoms with van der Waals surface area (Å²) in [6.07, 6.45) is 10.9. The molecule has 0 aliphatic heterocycles. The van der Waals surface area contributed by atoms with Crippen molar-refractivity contribution in [1.29, 1.82) is 0 Å². The van der Waals surface area contributed by atoms with E-state index in [0.717, 1.165) is 25.0 Å². The smallest absolute Gasteiger partial charge is 0.0462 e. The van der Waals surface area contributed by atoms with Crippen LogP contribution in [0.3, 0.4) is 0 Å². The lowest BCUT2D eigenvalue weighted by molar-refractivity contribution is 0.186. The summed E-state index contributed by atoms with van der Waals surface area (Å²) in [6, 6.07) is 0. The summed E-state index contributed by atoms with van der Waals surface area (Å²) in [4.78, 5) is 0. The molecular weight excluding hydrogens is 186 g/mol. The fraction of sp³-hybridized carbons (Fsp3) is 1.00. The molecule has 0 bridgehead atoms. The molecule has 2 atom stereocenters. The normalized spacial score (nSPS) is 27.6. The van der Waals surface area contributed by atoms with Gasteiger partial charge >= 0.3 is 0 Å². The molecule has 2 nitrogen and oxygen atoms in total. The second-order valence-corrected chi connectivity index (χ2v) is 4.88. The zero-order valence-electron chi connectivity index (χ0n) is 10.2. The van der Waals surface area contributed by atoms with Crippen LogP contribution in [0.2, 0.25) is 0 Å². The van der Waals surface area contributed by atoms with Gasteiger partial charge < -0.3 is 10.5 Å². The lowest BCUT2D eigenvalue weighted by Gasteiger charge is -2.23. The lowest BCUT2D eigenvalue weighted by atomic mass is 9.84. The first-order valence-electron chi connectivity index (χ1n) is 6.57. The maximum absolute atomic E-state index is 5.87. The van der Waals surface area contributed by atoms with E-state index in [2.05, 4.69) is 0 Å². The fourth-order valence-corrected chi connectivity index (χ4v) is 2.80. The Morgan fingerprint density at radius 1 is 1.07 bits per heavy atom. The van der Waals surface area contributed by atoms with Crippen LogP contribution >= 0.6 is 0 Å². The van der Waals surface area contributed by atoms with E-state index in [-0.39, 0.29) is 0 Å². The van der Waals surface area contributed by atoms with Crippen molar-refractivity contribution in [2.24, 2.45) is 17.6 Å². The molecule has 0 heterocycles. The molecule has 2 N–H and O–H groups in total. The van der Waals surface area contributed by atoms with Gasteiger partial charge in [-0.3, -0.25) is 0 Å². The second kappa shape index (κ2) is 8.12. The quantitative estimate of drug-likeness (QED) is 0.544. The van der Waals surface area contributed by atoms with Crippen LogP contribution < -0.4 is 5.73 Å². The molecule has 0 spiro atoms. The number of ether oxygens (including phenoxy) is 1. The molecule has 1 rings (SSSR count). The molecule has 2 unspecified atom stereocenters. The van der Waals surface area contributed by atoms with Crippen molar-refractivity contribution in [2.75, 3.05) is 20.3 Å². The number of hydrogen-bond donors (Lipinski definition) is 1. The first-order chi connectivity index (χ1) is 7.38. The Bertz CT molecular complexity index is 149. The highest BCUT2D eigenvalue weighted by molar-refractivity contribution is 4.74. The van der Waals surface area contributed by atoms with Gasteiger partial charge in [0.25, 0.3) is 0 Å². The van der Waals surface area contributed by atoms with Gasteiger partial charge in [-0.25, -0.2) is 0 Å². The Hall–Kier alpha value is -0.0800. The van der Waals surface area contributed by atoms with Crippen molar-refractivity contribution < 1.29 is 4.74 Å². The van der Waals surface area contributed by atoms with E-state index in [4.69, 9.17) is 10.5 Å². The molecular formula is C13H27NO. The minimum atomic E-state index is 0.801. The van der Waals surface area contributed by atoms with E-state index in [1.54, 1.807) is 7.11 Å².